The molecular formula is C18H17N5O2. The number of benzene rings is 1. The number of hydrogen-bond donors (Lipinski definition) is 1. The summed E-state index contributed by atoms with van der Waals surface area (Å²) in [6.45, 7) is 0. The Hall–Kier alpha value is -3.22. The SMILES string of the molecule is O=C(Nc1ccc(Oc2ccc(-n3cccn3)nn2)cc1)C1CCC1. The van der Waals surface area contributed by atoms with Gasteiger partial charge in [-0.3, -0.25) is 4.79 Å². The molecule has 7 heteroatoms. The molecule has 0 atom stereocenters. The van der Waals surface area contributed by atoms with Crippen LogP contribution in [0.2, 0.25) is 0 Å². The first kappa shape index (κ1) is 15.3. The maximum atomic E-state index is 11.9. The molecule has 0 radical (unpaired) electrons. The highest BCUT2D eigenvalue weighted by Gasteiger charge is 2.25. The molecule has 2 heterocycles. The first-order chi connectivity index (χ1) is 12.3. The smallest absolute Gasteiger partial charge is 0.238 e. The molecule has 126 valence electrons. The van der Waals surface area contributed by atoms with Crippen molar-refractivity contribution in [2.45, 2.75) is 19.3 Å². The van der Waals surface area contributed by atoms with Crippen molar-refractivity contribution in [3.63, 3.8) is 0 Å². The Kier molecular flexibility index (Phi) is 4.12. The van der Waals surface area contributed by atoms with Crippen LogP contribution in [-0.2, 0) is 4.79 Å². The molecule has 1 aliphatic rings. The Labute approximate surface area is 144 Å². The van der Waals surface area contributed by atoms with Crippen LogP contribution in [0, 0.1) is 5.92 Å². The summed E-state index contributed by atoms with van der Waals surface area (Å²) >= 11 is 0. The summed E-state index contributed by atoms with van der Waals surface area (Å²) < 4.78 is 7.30. The van der Waals surface area contributed by atoms with E-state index in [1.165, 1.54) is 0 Å². The Morgan fingerprint density at radius 2 is 1.96 bits per heavy atom. The van der Waals surface area contributed by atoms with Gasteiger partial charge in [-0.2, -0.15) is 5.10 Å². The van der Waals surface area contributed by atoms with E-state index in [9.17, 15) is 4.79 Å². The molecule has 0 unspecified atom stereocenters. The summed E-state index contributed by atoms with van der Waals surface area (Å²) in [7, 11) is 0. The van der Waals surface area contributed by atoms with Crippen LogP contribution in [0.25, 0.3) is 5.82 Å². The number of carbonyl (C=O) groups is 1. The summed E-state index contributed by atoms with van der Waals surface area (Å²) in [5.41, 5.74) is 0.768. The quantitative estimate of drug-likeness (QED) is 0.774. The number of carbonyl (C=O) groups excluding carboxylic acids is 1. The molecule has 1 fully saturated rings. The number of aromatic nitrogens is 4. The van der Waals surface area contributed by atoms with Crippen LogP contribution in [0.1, 0.15) is 19.3 Å². The van der Waals surface area contributed by atoms with Gasteiger partial charge < -0.3 is 10.1 Å². The minimum Gasteiger partial charge on any atom is -0.438 e. The van der Waals surface area contributed by atoms with Gasteiger partial charge in [0, 0.05) is 30.1 Å². The third-order valence-electron chi connectivity index (χ3n) is 4.19. The zero-order valence-electron chi connectivity index (χ0n) is 13.5. The van der Waals surface area contributed by atoms with Gasteiger partial charge in [0.05, 0.1) is 0 Å². The molecule has 0 spiro atoms. The summed E-state index contributed by atoms with van der Waals surface area (Å²) in [6, 6.07) is 12.5. The average Bonchev–Trinajstić information content (AvgIpc) is 3.10. The second kappa shape index (κ2) is 6.72. The van der Waals surface area contributed by atoms with E-state index in [1.54, 1.807) is 41.3 Å². The lowest BCUT2D eigenvalue weighted by molar-refractivity contribution is -0.122. The predicted octanol–water partition coefficient (Wildman–Crippen LogP) is 3.19. The summed E-state index contributed by atoms with van der Waals surface area (Å²) in [5.74, 6) is 1.90. The van der Waals surface area contributed by atoms with E-state index in [4.69, 9.17) is 4.74 Å². The highest BCUT2D eigenvalue weighted by molar-refractivity contribution is 5.93. The van der Waals surface area contributed by atoms with E-state index in [0.29, 0.717) is 17.4 Å². The first-order valence-corrected chi connectivity index (χ1v) is 8.20. The molecule has 1 amide bonds. The number of anilines is 1. The molecule has 3 aromatic rings. The molecule has 1 saturated carbocycles. The molecule has 4 rings (SSSR count). The van der Waals surface area contributed by atoms with E-state index in [-0.39, 0.29) is 11.8 Å². The van der Waals surface area contributed by atoms with Crippen LogP contribution >= 0.6 is 0 Å². The van der Waals surface area contributed by atoms with Gasteiger partial charge in [-0.15, -0.1) is 10.2 Å². The molecule has 0 saturated heterocycles. The van der Waals surface area contributed by atoms with Crippen LogP contribution in [0.3, 0.4) is 0 Å². The number of amides is 1. The largest absolute Gasteiger partial charge is 0.438 e. The molecule has 1 aromatic carbocycles. The van der Waals surface area contributed by atoms with Crippen molar-refractivity contribution in [2.24, 2.45) is 5.92 Å². The Morgan fingerprint density at radius 1 is 1.12 bits per heavy atom. The van der Waals surface area contributed by atoms with Crippen LogP contribution in [0.15, 0.2) is 54.9 Å². The van der Waals surface area contributed by atoms with Crippen molar-refractivity contribution >= 4 is 11.6 Å². The fraction of sp³-hybridized carbons (Fsp3) is 0.222. The van der Waals surface area contributed by atoms with E-state index in [0.717, 1.165) is 24.9 Å². The van der Waals surface area contributed by atoms with Crippen molar-refractivity contribution < 1.29 is 9.53 Å². The zero-order chi connectivity index (χ0) is 17.1. The van der Waals surface area contributed by atoms with Crippen molar-refractivity contribution in [3.8, 4) is 17.4 Å². The highest BCUT2D eigenvalue weighted by Crippen LogP contribution is 2.28. The van der Waals surface area contributed by atoms with Crippen LogP contribution in [-0.4, -0.2) is 25.9 Å². The fourth-order valence-corrected chi connectivity index (χ4v) is 2.54. The predicted molar refractivity (Wildman–Crippen MR) is 91.6 cm³/mol. The summed E-state index contributed by atoms with van der Waals surface area (Å²) in [5, 5.41) is 15.1. The monoisotopic (exact) mass is 335 g/mol. The van der Waals surface area contributed by atoms with Gasteiger partial charge >= 0.3 is 0 Å². The van der Waals surface area contributed by atoms with Gasteiger partial charge in [0.25, 0.3) is 0 Å². The minimum absolute atomic E-state index is 0.0972. The molecule has 1 N–H and O–H groups in total. The lowest BCUT2D eigenvalue weighted by Gasteiger charge is -2.24. The van der Waals surface area contributed by atoms with Crippen molar-refractivity contribution in [2.75, 3.05) is 5.32 Å². The molecule has 25 heavy (non-hydrogen) atoms. The van der Waals surface area contributed by atoms with Gasteiger partial charge in [-0.25, -0.2) is 4.68 Å². The molecule has 7 nitrogen and oxygen atoms in total. The number of hydrogen-bond acceptors (Lipinski definition) is 5. The third-order valence-corrected chi connectivity index (χ3v) is 4.19. The molecular weight excluding hydrogens is 318 g/mol. The van der Waals surface area contributed by atoms with Crippen molar-refractivity contribution in [3.05, 3.63) is 54.9 Å². The summed E-state index contributed by atoms with van der Waals surface area (Å²) in [4.78, 5) is 11.9. The second-order valence-electron chi connectivity index (χ2n) is 5.92. The van der Waals surface area contributed by atoms with E-state index < -0.39 is 0 Å². The lowest BCUT2D eigenvalue weighted by Crippen LogP contribution is -2.27. The molecule has 2 aromatic heterocycles. The topological polar surface area (TPSA) is 81.9 Å². The lowest BCUT2D eigenvalue weighted by atomic mass is 9.85. The van der Waals surface area contributed by atoms with Crippen LogP contribution in [0.4, 0.5) is 5.69 Å². The van der Waals surface area contributed by atoms with Crippen molar-refractivity contribution in [1.29, 1.82) is 0 Å². The number of nitrogens with one attached hydrogen (secondary N) is 1. The van der Waals surface area contributed by atoms with E-state index >= 15 is 0 Å². The van der Waals surface area contributed by atoms with Crippen LogP contribution in [0.5, 0.6) is 11.6 Å². The number of ether oxygens (including phenoxy) is 1. The maximum absolute atomic E-state index is 11.9. The van der Waals surface area contributed by atoms with E-state index in [1.807, 2.05) is 18.2 Å². The fourth-order valence-electron chi connectivity index (χ4n) is 2.54. The number of rotatable bonds is 5. The summed E-state index contributed by atoms with van der Waals surface area (Å²) in [6.07, 6.45) is 6.59. The number of nitrogens with zero attached hydrogens (tertiary/aromatic N) is 4. The highest BCUT2D eigenvalue weighted by atomic mass is 16.5. The molecule has 0 bridgehead atoms. The Bertz CT molecular complexity index is 840. The third kappa shape index (κ3) is 3.50. The first-order valence-electron chi connectivity index (χ1n) is 8.20. The van der Waals surface area contributed by atoms with Gasteiger partial charge in [0.15, 0.2) is 5.82 Å². The zero-order valence-corrected chi connectivity index (χ0v) is 13.5. The normalized spacial score (nSPS) is 13.9. The van der Waals surface area contributed by atoms with Gasteiger partial charge in [-0.05, 0) is 49.2 Å². The van der Waals surface area contributed by atoms with Gasteiger partial charge in [0.2, 0.25) is 11.8 Å². The van der Waals surface area contributed by atoms with Crippen LogP contribution < -0.4 is 10.1 Å². The Balaban J connectivity index is 1.38. The molecule has 0 aliphatic heterocycles. The molecule has 1 aliphatic carbocycles. The van der Waals surface area contributed by atoms with Gasteiger partial charge in [0.1, 0.15) is 5.75 Å². The van der Waals surface area contributed by atoms with E-state index in [2.05, 4.69) is 20.6 Å². The Morgan fingerprint density at radius 3 is 2.56 bits per heavy atom. The minimum atomic E-state index is 0.0972. The van der Waals surface area contributed by atoms with Crippen molar-refractivity contribution in [1.82, 2.24) is 20.0 Å². The average molecular weight is 335 g/mol. The maximum Gasteiger partial charge on any atom is 0.238 e. The second-order valence-corrected chi connectivity index (χ2v) is 5.92. The van der Waals surface area contributed by atoms with Gasteiger partial charge in [-0.1, -0.05) is 6.42 Å². The standard InChI is InChI=1S/C18H17N5O2/c24-18(13-3-1-4-13)20-14-5-7-15(8-6-14)25-17-10-9-16(21-22-17)23-12-2-11-19-23/h2,5-13H,1,3-4H2,(H,20,24).